The molecule has 2 aromatic carbocycles. The Kier molecular flexibility index (Phi) is 8.38. The Bertz CT molecular complexity index is 1450. The van der Waals surface area contributed by atoms with Gasteiger partial charge >= 0.3 is 0 Å². The molecule has 0 aliphatic heterocycles. The van der Waals surface area contributed by atoms with Crippen molar-refractivity contribution in [2.24, 2.45) is 5.14 Å². The lowest BCUT2D eigenvalue weighted by Crippen LogP contribution is -2.37. The highest BCUT2D eigenvalue weighted by Gasteiger charge is 2.34. The highest BCUT2D eigenvalue weighted by molar-refractivity contribution is 7.91. The number of sulfone groups is 1. The quantitative estimate of drug-likeness (QED) is 0.307. The smallest absolute Gasteiger partial charge is 0.245 e. The van der Waals surface area contributed by atoms with Crippen LogP contribution in [-0.4, -0.2) is 63.8 Å². The summed E-state index contributed by atoms with van der Waals surface area (Å²) in [6.07, 6.45) is 1.59. The summed E-state index contributed by atoms with van der Waals surface area (Å²) in [5.41, 5.74) is 2.71. The molecule has 1 atom stereocenters. The van der Waals surface area contributed by atoms with Gasteiger partial charge in [-0.15, -0.1) is 11.3 Å². The van der Waals surface area contributed by atoms with Gasteiger partial charge in [-0.2, -0.15) is 0 Å². The standard InChI is InChI=1S/C22H25N3O7S3/c1-34(29,30)20(21(28)24-10-12-35(23,31)32)22-25-17-9-8-16(13-19(17)33-22)14-4-6-15(7-5-14)18(27)3-2-11-26/h4-9,13,20,26H,2-3,10-12H2,1H3,(H,24,28)(H2,23,31,32). The molecular formula is C22H25N3O7S3. The molecule has 1 amide bonds. The lowest BCUT2D eigenvalue weighted by atomic mass is 10.0. The molecule has 0 aliphatic carbocycles. The van der Waals surface area contributed by atoms with E-state index in [-0.39, 0.29) is 30.4 Å². The molecule has 3 aromatic rings. The van der Waals surface area contributed by atoms with E-state index in [1.165, 1.54) is 0 Å². The van der Waals surface area contributed by atoms with E-state index in [0.717, 1.165) is 28.7 Å². The maximum absolute atomic E-state index is 12.6. The van der Waals surface area contributed by atoms with E-state index in [9.17, 15) is 26.4 Å². The van der Waals surface area contributed by atoms with E-state index in [1.807, 2.05) is 6.07 Å². The van der Waals surface area contributed by atoms with E-state index in [0.29, 0.717) is 22.2 Å². The van der Waals surface area contributed by atoms with Crippen LogP contribution in [0.2, 0.25) is 0 Å². The van der Waals surface area contributed by atoms with Gasteiger partial charge in [0, 0.05) is 31.4 Å². The molecule has 0 saturated carbocycles. The summed E-state index contributed by atoms with van der Waals surface area (Å²) < 4.78 is 47.6. The number of aliphatic hydroxyl groups is 1. The van der Waals surface area contributed by atoms with Gasteiger partial charge in [0.1, 0.15) is 5.01 Å². The van der Waals surface area contributed by atoms with Crippen LogP contribution in [0.5, 0.6) is 0 Å². The second kappa shape index (κ2) is 10.9. The number of aromatic nitrogens is 1. The van der Waals surface area contributed by atoms with Crippen LogP contribution in [0.15, 0.2) is 42.5 Å². The Morgan fingerprint density at radius 1 is 1.09 bits per heavy atom. The van der Waals surface area contributed by atoms with Crippen molar-refractivity contribution in [3.63, 3.8) is 0 Å². The Balaban J connectivity index is 1.86. The number of Topliss-reactive ketones (excluding diaryl/α,β-unsaturated/α-hetero) is 1. The van der Waals surface area contributed by atoms with Crippen LogP contribution in [0.25, 0.3) is 21.3 Å². The van der Waals surface area contributed by atoms with Gasteiger partial charge < -0.3 is 10.4 Å². The minimum absolute atomic E-state index is 0.0435. The minimum Gasteiger partial charge on any atom is -0.396 e. The number of nitrogens with two attached hydrogens (primary N) is 1. The van der Waals surface area contributed by atoms with Crippen LogP contribution in [-0.2, 0) is 24.7 Å². The van der Waals surface area contributed by atoms with Crippen molar-refractivity contribution >= 4 is 53.1 Å². The first-order valence-electron chi connectivity index (χ1n) is 10.5. The molecule has 188 valence electrons. The number of aliphatic hydroxyl groups excluding tert-OH is 1. The number of nitrogens with one attached hydrogen (secondary N) is 1. The zero-order chi connectivity index (χ0) is 25.8. The van der Waals surface area contributed by atoms with Crippen molar-refractivity contribution in [3.05, 3.63) is 53.0 Å². The fraction of sp³-hybridized carbons (Fsp3) is 0.318. The number of carbonyl (C=O) groups excluding carboxylic acids is 2. The molecule has 0 saturated heterocycles. The van der Waals surface area contributed by atoms with Gasteiger partial charge in [0.25, 0.3) is 0 Å². The largest absolute Gasteiger partial charge is 0.396 e. The van der Waals surface area contributed by atoms with Gasteiger partial charge in [0.2, 0.25) is 15.9 Å². The predicted molar refractivity (Wildman–Crippen MR) is 134 cm³/mol. The van der Waals surface area contributed by atoms with E-state index in [2.05, 4.69) is 10.3 Å². The third kappa shape index (κ3) is 7.15. The number of sulfonamides is 1. The topological polar surface area (TPSA) is 174 Å². The molecule has 0 spiro atoms. The molecule has 0 aliphatic rings. The number of benzene rings is 2. The van der Waals surface area contributed by atoms with Gasteiger partial charge in [-0.25, -0.2) is 27.0 Å². The average Bonchev–Trinajstić information content (AvgIpc) is 3.18. The van der Waals surface area contributed by atoms with Crippen LogP contribution in [0, 0.1) is 0 Å². The van der Waals surface area contributed by atoms with E-state index < -0.39 is 36.8 Å². The van der Waals surface area contributed by atoms with E-state index in [1.54, 1.807) is 36.4 Å². The second-order valence-electron chi connectivity index (χ2n) is 7.93. The van der Waals surface area contributed by atoms with Gasteiger partial charge in [-0.05, 0) is 29.7 Å². The van der Waals surface area contributed by atoms with E-state index in [4.69, 9.17) is 10.2 Å². The summed E-state index contributed by atoms with van der Waals surface area (Å²) in [5, 5.41) is 14.6. The molecule has 35 heavy (non-hydrogen) atoms. The fourth-order valence-corrected chi connectivity index (χ4v) is 6.30. The fourth-order valence-electron chi connectivity index (χ4n) is 3.37. The molecule has 0 fully saturated rings. The number of primary sulfonamides is 1. The van der Waals surface area contributed by atoms with Crippen molar-refractivity contribution in [1.29, 1.82) is 0 Å². The van der Waals surface area contributed by atoms with E-state index >= 15 is 0 Å². The molecule has 0 radical (unpaired) electrons. The third-order valence-electron chi connectivity index (χ3n) is 5.08. The van der Waals surface area contributed by atoms with Crippen LogP contribution in [0.1, 0.15) is 33.5 Å². The Morgan fingerprint density at radius 2 is 1.74 bits per heavy atom. The predicted octanol–water partition coefficient (Wildman–Crippen LogP) is 1.41. The number of thiazole rings is 1. The number of hydrogen-bond acceptors (Lipinski definition) is 9. The van der Waals surface area contributed by atoms with Crippen LogP contribution in [0.3, 0.4) is 0 Å². The lowest BCUT2D eigenvalue weighted by molar-refractivity contribution is -0.120. The molecule has 1 unspecified atom stereocenters. The van der Waals surface area contributed by atoms with Crippen LogP contribution >= 0.6 is 11.3 Å². The third-order valence-corrected chi connectivity index (χ3v) is 8.38. The molecule has 1 heterocycles. The van der Waals surface area contributed by atoms with Crippen molar-refractivity contribution in [2.45, 2.75) is 18.1 Å². The monoisotopic (exact) mass is 539 g/mol. The van der Waals surface area contributed by atoms with Crippen molar-refractivity contribution in [2.75, 3.05) is 25.2 Å². The molecule has 4 N–H and O–H groups in total. The summed E-state index contributed by atoms with van der Waals surface area (Å²) >= 11 is 1.05. The van der Waals surface area contributed by atoms with Gasteiger partial charge in [0.15, 0.2) is 20.9 Å². The zero-order valence-electron chi connectivity index (χ0n) is 18.8. The van der Waals surface area contributed by atoms with Crippen molar-refractivity contribution < 1.29 is 31.5 Å². The van der Waals surface area contributed by atoms with Gasteiger partial charge in [0.05, 0.1) is 16.0 Å². The van der Waals surface area contributed by atoms with Crippen LogP contribution < -0.4 is 10.5 Å². The molecule has 1 aromatic heterocycles. The van der Waals surface area contributed by atoms with Crippen LogP contribution in [0.4, 0.5) is 0 Å². The van der Waals surface area contributed by atoms with Crippen molar-refractivity contribution in [1.82, 2.24) is 10.3 Å². The highest BCUT2D eigenvalue weighted by atomic mass is 32.2. The second-order valence-corrected chi connectivity index (χ2v) is 12.9. The maximum Gasteiger partial charge on any atom is 0.245 e. The van der Waals surface area contributed by atoms with Gasteiger partial charge in [-0.1, -0.05) is 30.3 Å². The Hall–Kier alpha value is -2.71. The van der Waals surface area contributed by atoms with Crippen molar-refractivity contribution in [3.8, 4) is 11.1 Å². The lowest BCUT2D eigenvalue weighted by Gasteiger charge is -2.12. The molecule has 3 rings (SSSR count). The molecular weight excluding hydrogens is 514 g/mol. The summed E-state index contributed by atoms with van der Waals surface area (Å²) in [5.74, 6) is -1.45. The zero-order valence-corrected chi connectivity index (χ0v) is 21.2. The Morgan fingerprint density at radius 3 is 2.34 bits per heavy atom. The summed E-state index contributed by atoms with van der Waals surface area (Å²) in [4.78, 5) is 29.0. The number of carbonyl (C=O) groups is 2. The molecule has 10 nitrogen and oxygen atoms in total. The highest BCUT2D eigenvalue weighted by Crippen LogP contribution is 2.33. The summed E-state index contributed by atoms with van der Waals surface area (Å²) in [7, 11) is -7.72. The first kappa shape index (κ1) is 26.9. The Labute approximate surface area is 207 Å². The number of fused-ring (bicyclic) bond motifs is 1. The first-order chi connectivity index (χ1) is 16.4. The number of rotatable bonds is 11. The minimum atomic E-state index is -3.91. The SMILES string of the molecule is CS(=O)(=O)C(C(=O)NCCS(N)(=O)=O)c1nc2ccc(-c3ccc(C(=O)CCCO)cc3)cc2s1. The number of ketones is 1. The average molecular weight is 540 g/mol. The molecule has 13 heteroatoms. The maximum atomic E-state index is 12.6. The first-order valence-corrected chi connectivity index (χ1v) is 15.0. The van der Waals surface area contributed by atoms with Gasteiger partial charge in [-0.3, -0.25) is 9.59 Å². The summed E-state index contributed by atoms with van der Waals surface area (Å²) in [6.45, 7) is -0.366. The molecule has 0 bridgehead atoms. The number of amides is 1. The number of nitrogens with zero attached hydrogens (tertiary/aromatic N) is 1. The normalized spacial score (nSPS) is 13.0. The number of hydrogen-bond donors (Lipinski definition) is 3. The summed E-state index contributed by atoms with van der Waals surface area (Å²) in [6, 6.07) is 12.4.